The topological polar surface area (TPSA) is 174 Å². The van der Waals surface area contributed by atoms with Gasteiger partial charge in [-0.3, -0.25) is 24.5 Å². The quantitative estimate of drug-likeness (QED) is 0.160. The van der Waals surface area contributed by atoms with Crippen LogP contribution in [0.4, 0.5) is 47.7 Å². The fourth-order valence-electron chi connectivity index (χ4n) is 10.9. The number of hydrogen-bond acceptors (Lipinski definition) is 13. The summed E-state index contributed by atoms with van der Waals surface area (Å²) in [5.41, 5.74) is 2.23. The summed E-state index contributed by atoms with van der Waals surface area (Å²) in [4.78, 5) is 66.2. The first-order chi connectivity index (χ1) is 31.7. The molecule has 5 fully saturated rings. The van der Waals surface area contributed by atoms with E-state index in [0.717, 1.165) is 102 Å². The molecule has 2 aromatic carbocycles. The molecule has 66 heavy (non-hydrogen) atoms. The van der Waals surface area contributed by atoms with Crippen LogP contribution in [0.15, 0.2) is 36.5 Å². The number of alkyl halides is 2. The molecule has 19 heteroatoms. The largest absolute Gasteiger partial charge is 0.495 e. The van der Waals surface area contributed by atoms with E-state index in [1.54, 1.807) is 29.2 Å². The van der Waals surface area contributed by atoms with Gasteiger partial charge in [-0.2, -0.15) is 13.8 Å². The normalized spacial score (nSPS) is 22.7. The third-order valence-corrected chi connectivity index (χ3v) is 14.8. The van der Waals surface area contributed by atoms with Gasteiger partial charge in [0.25, 0.3) is 11.8 Å². The molecule has 3 aromatic rings. The van der Waals surface area contributed by atoms with Crippen LogP contribution in [-0.2, 0) is 14.4 Å². The minimum absolute atomic E-state index is 0.0756. The van der Waals surface area contributed by atoms with E-state index in [9.17, 15) is 19.2 Å². The summed E-state index contributed by atoms with van der Waals surface area (Å²) in [6.07, 6.45) is 11.1. The van der Waals surface area contributed by atoms with Crippen LogP contribution in [0.5, 0.6) is 11.5 Å². The second-order valence-electron chi connectivity index (χ2n) is 19.0. The lowest BCUT2D eigenvalue weighted by atomic mass is 9.60. The molecule has 6 aliphatic rings. The van der Waals surface area contributed by atoms with Gasteiger partial charge in [0.2, 0.25) is 17.8 Å². The lowest BCUT2D eigenvalue weighted by Crippen LogP contribution is -2.55. The van der Waals surface area contributed by atoms with Crippen molar-refractivity contribution in [1.29, 1.82) is 0 Å². The van der Waals surface area contributed by atoms with Crippen LogP contribution in [0.25, 0.3) is 0 Å². The Balaban J connectivity index is 0.739. The van der Waals surface area contributed by atoms with Gasteiger partial charge in [-0.25, -0.2) is 9.37 Å². The Hall–Kier alpha value is -5.85. The van der Waals surface area contributed by atoms with Crippen molar-refractivity contribution in [3.63, 3.8) is 0 Å². The molecule has 4 amide bonds. The van der Waals surface area contributed by atoms with Crippen molar-refractivity contribution in [3.8, 4) is 11.5 Å². The highest BCUT2D eigenvalue weighted by Gasteiger charge is 2.49. The number of carbonyl (C=O) groups excluding carboxylic acids is 4. The Morgan fingerprint density at radius 3 is 2.32 bits per heavy atom. The van der Waals surface area contributed by atoms with Crippen molar-refractivity contribution in [2.75, 3.05) is 85.9 Å². The van der Waals surface area contributed by atoms with E-state index >= 15 is 13.2 Å². The van der Waals surface area contributed by atoms with Crippen molar-refractivity contribution >= 4 is 58.1 Å². The van der Waals surface area contributed by atoms with E-state index in [2.05, 4.69) is 41.0 Å². The Morgan fingerprint density at radius 1 is 0.909 bits per heavy atom. The Kier molecular flexibility index (Phi) is 12.7. The summed E-state index contributed by atoms with van der Waals surface area (Å²) >= 11 is 0. The zero-order chi connectivity index (χ0) is 46.3. The SMILES string of the molecule is COc1cc(C(=O)NC2CC3(CCN(CC4CCN(c5cc(OC)c(NC6CCC(=O)NC6=O)cc5F)CC4)CC3)C2)ccc1Nc1ncc2c(n1)N(C1CCCC1)CC(F)(F)C(=O)N2C. The minimum Gasteiger partial charge on any atom is -0.495 e. The van der Waals surface area contributed by atoms with E-state index in [-0.39, 0.29) is 59.0 Å². The number of amides is 4. The van der Waals surface area contributed by atoms with Gasteiger partial charge >= 0.3 is 5.92 Å². The van der Waals surface area contributed by atoms with Crippen LogP contribution in [0, 0.1) is 17.2 Å². The van der Waals surface area contributed by atoms with Gasteiger partial charge in [0.1, 0.15) is 29.0 Å². The molecule has 4 N–H and O–H groups in total. The average Bonchev–Trinajstić information content (AvgIpc) is 3.82. The highest BCUT2D eigenvalue weighted by molar-refractivity contribution is 6.02. The van der Waals surface area contributed by atoms with Crippen LogP contribution in [0.1, 0.15) is 87.4 Å². The molecular weight excluding hydrogens is 858 g/mol. The molecule has 354 valence electrons. The summed E-state index contributed by atoms with van der Waals surface area (Å²) in [7, 11) is 4.34. The molecule has 0 radical (unpaired) electrons. The number of piperidine rings is 3. The first kappa shape index (κ1) is 45.3. The van der Waals surface area contributed by atoms with E-state index in [0.29, 0.717) is 46.5 Å². The molecule has 1 spiro atoms. The minimum atomic E-state index is -3.58. The molecule has 2 saturated carbocycles. The number of carbonyl (C=O) groups is 4. The van der Waals surface area contributed by atoms with Crippen molar-refractivity contribution in [3.05, 3.63) is 47.9 Å². The summed E-state index contributed by atoms with van der Waals surface area (Å²) in [5, 5.41) is 11.7. The maximum Gasteiger partial charge on any atom is 0.342 e. The zero-order valence-corrected chi connectivity index (χ0v) is 37.8. The van der Waals surface area contributed by atoms with Crippen molar-refractivity contribution in [2.24, 2.45) is 11.3 Å². The second kappa shape index (κ2) is 18.4. The first-order valence-electron chi connectivity index (χ1n) is 23.2. The van der Waals surface area contributed by atoms with Gasteiger partial charge in [0.15, 0.2) is 5.82 Å². The van der Waals surface area contributed by atoms with E-state index in [1.165, 1.54) is 33.5 Å². The van der Waals surface area contributed by atoms with Gasteiger partial charge in [-0.1, -0.05) is 12.8 Å². The Morgan fingerprint density at radius 2 is 1.62 bits per heavy atom. The second-order valence-corrected chi connectivity index (χ2v) is 19.0. The number of imide groups is 1. The third kappa shape index (κ3) is 9.27. The predicted octanol–water partition coefficient (Wildman–Crippen LogP) is 5.85. The molecule has 0 bridgehead atoms. The van der Waals surface area contributed by atoms with Gasteiger partial charge in [-0.15, -0.1) is 0 Å². The van der Waals surface area contributed by atoms with Crippen LogP contribution in [0.2, 0.25) is 0 Å². The molecule has 3 saturated heterocycles. The first-order valence-corrected chi connectivity index (χ1v) is 23.2. The summed E-state index contributed by atoms with van der Waals surface area (Å²) < 4.78 is 56.9. The number of fused-ring (bicyclic) bond motifs is 1. The molecular formula is C47H59F3N10O6. The van der Waals surface area contributed by atoms with Crippen molar-refractivity contribution < 1.29 is 41.8 Å². The number of ether oxygens (including phenoxy) is 2. The van der Waals surface area contributed by atoms with Gasteiger partial charge < -0.3 is 45.0 Å². The van der Waals surface area contributed by atoms with Crippen molar-refractivity contribution in [1.82, 2.24) is 25.5 Å². The standard InChI is InChI=1S/C47H59F3N10O6/c1-57-37-25-51-45(56-41(37)60(31-6-4-5-7-31)27-47(49,50)44(57)64)54-33-9-8-29(20-38(33)65-2)42(62)52-30-23-46(24-30)14-18-58(19-15-46)26-28-12-16-59(17-13-28)36-22-39(66-3)35(21-32(36)48)53-34-10-11-40(61)55-43(34)63/h8-9,20-22,25,28,30-31,34,53H,4-7,10-19,23-24,26-27H2,1-3H3,(H,52,62)(H,51,54,56)(H,55,61,63). The molecule has 1 atom stereocenters. The lowest BCUT2D eigenvalue weighted by Gasteiger charge is -2.52. The number of halogens is 3. The van der Waals surface area contributed by atoms with Crippen LogP contribution < -0.4 is 45.4 Å². The number of anilines is 6. The fraction of sp³-hybridized carbons (Fsp3) is 0.574. The molecule has 1 unspecified atom stereocenters. The maximum atomic E-state index is 15.5. The summed E-state index contributed by atoms with van der Waals surface area (Å²) in [6, 6.07) is 7.39. The molecule has 16 nitrogen and oxygen atoms in total. The lowest BCUT2D eigenvalue weighted by molar-refractivity contribution is -0.140. The number of hydrogen-bond donors (Lipinski definition) is 4. The molecule has 1 aromatic heterocycles. The summed E-state index contributed by atoms with van der Waals surface area (Å²) in [5.74, 6) is -4.43. The molecule has 5 heterocycles. The smallest absolute Gasteiger partial charge is 0.342 e. The van der Waals surface area contributed by atoms with E-state index in [1.807, 2.05) is 0 Å². The van der Waals surface area contributed by atoms with Crippen molar-refractivity contribution in [2.45, 2.75) is 101 Å². The van der Waals surface area contributed by atoms with Crippen LogP contribution >= 0.6 is 0 Å². The molecule has 2 aliphatic carbocycles. The highest BCUT2D eigenvalue weighted by Crippen LogP contribution is 2.49. The number of likely N-dealkylation sites (tertiary alicyclic amines) is 1. The van der Waals surface area contributed by atoms with Gasteiger partial charge in [0, 0.05) is 62.9 Å². The monoisotopic (exact) mass is 916 g/mol. The maximum absolute atomic E-state index is 15.5. The predicted molar refractivity (Wildman–Crippen MR) is 243 cm³/mol. The number of benzene rings is 2. The zero-order valence-electron chi connectivity index (χ0n) is 37.8. The van der Waals surface area contributed by atoms with Crippen LogP contribution in [-0.4, -0.2) is 123 Å². The third-order valence-electron chi connectivity index (χ3n) is 14.8. The fourth-order valence-corrected chi connectivity index (χ4v) is 10.9. The Bertz CT molecular complexity index is 2340. The number of methoxy groups -OCH3 is 2. The Labute approximate surface area is 382 Å². The number of nitrogens with one attached hydrogen (secondary N) is 4. The number of nitrogens with zero attached hydrogens (tertiary/aromatic N) is 6. The number of aromatic nitrogens is 2. The number of rotatable bonds is 12. The molecule has 9 rings (SSSR count). The van der Waals surface area contributed by atoms with Gasteiger partial charge in [-0.05, 0) is 100 Å². The molecule has 4 aliphatic heterocycles. The van der Waals surface area contributed by atoms with Crippen LogP contribution in [0.3, 0.4) is 0 Å². The highest BCUT2D eigenvalue weighted by atomic mass is 19.3. The average molecular weight is 917 g/mol. The summed E-state index contributed by atoms with van der Waals surface area (Å²) in [6.45, 7) is 3.72. The van der Waals surface area contributed by atoms with E-state index < -0.39 is 30.3 Å². The van der Waals surface area contributed by atoms with Gasteiger partial charge in [0.05, 0.1) is 44.0 Å². The van der Waals surface area contributed by atoms with E-state index in [4.69, 9.17) is 9.47 Å².